The number of carboxylic acids is 1. The highest BCUT2D eigenvalue weighted by molar-refractivity contribution is 5.78. The summed E-state index contributed by atoms with van der Waals surface area (Å²) in [7, 11) is 0. The molecule has 6 nitrogen and oxygen atoms in total. The number of carboxylic acid groups (broad SMARTS) is 1. The van der Waals surface area contributed by atoms with E-state index in [1.807, 2.05) is 18.2 Å². The van der Waals surface area contributed by atoms with Crippen LogP contribution in [0.2, 0.25) is 0 Å². The van der Waals surface area contributed by atoms with Crippen LogP contribution in [0.1, 0.15) is 25.3 Å². The van der Waals surface area contributed by atoms with Crippen LogP contribution >= 0.6 is 0 Å². The molecule has 0 aliphatic rings. The molecule has 28 heavy (non-hydrogen) atoms. The van der Waals surface area contributed by atoms with Crippen molar-refractivity contribution >= 4 is 11.9 Å². The minimum absolute atomic E-state index is 0.0564. The maximum absolute atomic E-state index is 13.7. The van der Waals surface area contributed by atoms with E-state index in [9.17, 15) is 14.0 Å². The number of ether oxygens (including phenoxy) is 1. The van der Waals surface area contributed by atoms with Crippen LogP contribution in [0, 0.1) is 5.82 Å². The zero-order chi connectivity index (χ0) is 20.4. The van der Waals surface area contributed by atoms with Gasteiger partial charge in [-0.1, -0.05) is 31.5 Å². The molecule has 2 aromatic carbocycles. The van der Waals surface area contributed by atoms with Crippen LogP contribution in [-0.4, -0.2) is 36.7 Å². The van der Waals surface area contributed by atoms with E-state index in [1.165, 1.54) is 18.2 Å². The van der Waals surface area contributed by atoms with Gasteiger partial charge in [0.05, 0.1) is 6.54 Å². The molecule has 0 aliphatic carbocycles. The number of carbonyl (C=O) groups is 2. The average molecular weight is 388 g/mol. The first-order valence-corrected chi connectivity index (χ1v) is 9.20. The van der Waals surface area contributed by atoms with Gasteiger partial charge in [0.15, 0.2) is 6.61 Å². The Hall–Kier alpha value is -2.93. The molecule has 1 amide bonds. The summed E-state index contributed by atoms with van der Waals surface area (Å²) in [5.41, 5.74) is 2.08. The number of aliphatic carboxylic acids is 1. The molecule has 0 atom stereocenters. The Morgan fingerprint density at radius 1 is 1.18 bits per heavy atom. The lowest BCUT2D eigenvalue weighted by molar-refractivity contribution is -0.139. The zero-order valence-electron chi connectivity index (χ0n) is 15.8. The second-order valence-corrected chi connectivity index (χ2v) is 6.33. The summed E-state index contributed by atoms with van der Waals surface area (Å²) in [4.78, 5) is 22.5. The predicted molar refractivity (Wildman–Crippen MR) is 105 cm³/mol. The third-order valence-electron chi connectivity index (χ3n) is 4.00. The van der Waals surface area contributed by atoms with E-state index >= 15 is 0 Å². The number of benzene rings is 2. The van der Waals surface area contributed by atoms with Gasteiger partial charge in [-0.25, -0.2) is 9.18 Å². The number of halogens is 1. The lowest BCUT2D eigenvalue weighted by atomic mass is 10.0. The second-order valence-electron chi connectivity index (χ2n) is 6.33. The second kappa shape index (κ2) is 11.0. The van der Waals surface area contributed by atoms with E-state index in [0.29, 0.717) is 30.0 Å². The van der Waals surface area contributed by atoms with Gasteiger partial charge in [0, 0.05) is 18.7 Å². The Kier molecular flexibility index (Phi) is 8.42. The number of amides is 1. The summed E-state index contributed by atoms with van der Waals surface area (Å²) in [6.07, 6.45) is 1.98. The quantitative estimate of drug-likeness (QED) is 0.515. The molecule has 3 N–H and O–H groups in total. The molecule has 0 aromatic heterocycles. The lowest BCUT2D eigenvalue weighted by Crippen LogP contribution is -2.34. The molecule has 0 aliphatic heterocycles. The van der Waals surface area contributed by atoms with Gasteiger partial charge in [-0.15, -0.1) is 0 Å². The highest BCUT2D eigenvalue weighted by atomic mass is 19.1. The fourth-order valence-corrected chi connectivity index (χ4v) is 2.63. The minimum atomic E-state index is -1.11. The Bertz CT molecular complexity index is 811. The molecule has 2 rings (SSSR count). The number of unbranched alkanes of at least 4 members (excludes halogenated alkanes) is 1. The van der Waals surface area contributed by atoms with Crippen molar-refractivity contribution in [3.8, 4) is 16.9 Å². The standard InChI is InChI=1S/C21H25FN2O4/c1-2-3-9-24-20(25)13-23-12-15-5-4-6-16(10-15)18-11-17(22)7-8-19(18)28-14-21(26)27/h4-8,10-11,23H,2-3,9,12-14H2,1H3,(H,24,25)(H,26,27). The molecule has 0 saturated carbocycles. The normalized spacial score (nSPS) is 10.5. The lowest BCUT2D eigenvalue weighted by Gasteiger charge is -2.12. The Morgan fingerprint density at radius 3 is 2.75 bits per heavy atom. The van der Waals surface area contributed by atoms with Crippen LogP contribution in [0.25, 0.3) is 11.1 Å². The predicted octanol–water partition coefficient (Wildman–Crippen LogP) is 2.96. The Morgan fingerprint density at radius 2 is 2.00 bits per heavy atom. The van der Waals surface area contributed by atoms with Crippen molar-refractivity contribution in [3.63, 3.8) is 0 Å². The van der Waals surface area contributed by atoms with E-state index in [4.69, 9.17) is 9.84 Å². The highest BCUT2D eigenvalue weighted by Gasteiger charge is 2.10. The Labute approximate surface area is 163 Å². The topological polar surface area (TPSA) is 87.7 Å². The molecule has 150 valence electrons. The van der Waals surface area contributed by atoms with Crippen LogP contribution in [0.3, 0.4) is 0 Å². The van der Waals surface area contributed by atoms with Gasteiger partial charge in [0.1, 0.15) is 11.6 Å². The summed E-state index contributed by atoms with van der Waals surface area (Å²) < 4.78 is 19.0. The van der Waals surface area contributed by atoms with Gasteiger partial charge in [-0.2, -0.15) is 0 Å². The molecule has 0 saturated heterocycles. The summed E-state index contributed by atoms with van der Waals surface area (Å²) in [6, 6.07) is 11.3. The van der Waals surface area contributed by atoms with Crippen molar-refractivity contribution in [2.24, 2.45) is 0 Å². The van der Waals surface area contributed by atoms with E-state index in [0.717, 1.165) is 18.4 Å². The number of hydrogen-bond acceptors (Lipinski definition) is 4. The maximum Gasteiger partial charge on any atom is 0.341 e. The smallest absolute Gasteiger partial charge is 0.341 e. The van der Waals surface area contributed by atoms with Gasteiger partial charge in [-0.05, 0) is 41.8 Å². The van der Waals surface area contributed by atoms with E-state index in [1.54, 1.807) is 6.07 Å². The first kappa shape index (κ1) is 21.4. The maximum atomic E-state index is 13.7. The highest BCUT2D eigenvalue weighted by Crippen LogP contribution is 2.31. The van der Waals surface area contributed by atoms with Gasteiger partial charge >= 0.3 is 5.97 Å². The molecule has 2 aromatic rings. The molecule has 0 unspecified atom stereocenters. The van der Waals surface area contributed by atoms with Crippen LogP contribution in [-0.2, 0) is 16.1 Å². The first-order chi connectivity index (χ1) is 13.5. The van der Waals surface area contributed by atoms with Crippen LogP contribution in [0.15, 0.2) is 42.5 Å². The average Bonchev–Trinajstić information content (AvgIpc) is 2.67. The van der Waals surface area contributed by atoms with E-state index < -0.39 is 18.4 Å². The van der Waals surface area contributed by atoms with Crippen molar-refractivity contribution in [3.05, 3.63) is 53.8 Å². The Balaban J connectivity index is 2.03. The van der Waals surface area contributed by atoms with Crippen molar-refractivity contribution in [2.75, 3.05) is 19.7 Å². The number of nitrogens with one attached hydrogen (secondary N) is 2. The van der Waals surface area contributed by atoms with Crippen molar-refractivity contribution in [2.45, 2.75) is 26.3 Å². The largest absolute Gasteiger partial charge is 0.481 e. The molecular weight excluding hydrogens is 363 g/mol. The first-order valence-electron chi connectivity index (χ1n) is 9.20. The molecule has 0 heterocycles. The molecule has 0 fully saturated rings. The number of hydrogen-bond donors (Lipinski definition) is 3. The van der Waals surface area contributed by atoms with E-state index in [2.05, 4.69) is 17.6 Å². The van der Waals surface area contributed by atoms with Gasteiger partial charge in [-0.3, -0.25) is 4.79 Å². The summed E-state index contributed by atoms with van der Waals surface area (Å²) in [6.45, 7) is 2.91. The molecule has 0 bridgehead atoms. The van der Waals surface area contributed by atoms with Gasteiger partial charge in [0.25, 0.3) is 0 Å². The summed E-state index contributed by atoms with van der Waals surface area (Å²) in [5.74, 6) is -1.31. The number of carbonyl (C=O) groups excluding carboxylic acids is 1. The summed E-state index contributed by atoms with van der Waals surface area (Å²) in [5, 5.41) is 14.7. The third-order valence-corrected chi connectivity index (χ3v) is 4.00. The van der Waals surface area contributed by atoms with Crippen LogP contribution in [0.5, 0.6) is 5.75 Å². The number of rotatable bonds is 11. The molecular formula is C21H25FN2O4. The SMILES string of the molecule is CCCCNC(=O)CNCc1cccc(-c2cc(F)ccc2OCC(=O)O)c1. The van der Waals surface area contributed by atoms with Gasteiger partial charge in [0.2, 0.25) is 5.91 Å². The van der Waals surface area contributed by atoms with Crippen molar-refractivity contribution in [1.82, 2.24) is 10.6 Å². The molecule has 0 spiro atoms. The van der Waals surface area contributed by atoms with Crippen LogP contribution in [0.4, 0.5) is 4.39 Å². The minimum Gasteiger partial charge on any atom is -0.481 e. The summed E-state index contributed by atoms with van der Waals surface area (Å²) >= 11 is 0. The van der Waals surface area contributed by atoms with Crippen molar-refractivity contribution in [1.29, 1.82) is 0 Å². The zero-order valence-corrected chi connectivity index (χ0v) is 15.8. The van der Waals surface area contributed by atoms with Gasteiger partial charge < -0.3 is 20.5 Å². The fourth-order valence-electron chi connectivity index (χ4n) is 2.63. The van der Waals surface area contributed by atoms with Crippen molar-refractivity contribution < 1.29 is 23.8 Å². The molecule has 7 heteroatoms. The fraction of sp³-hybridized carbons (Fsp3) is 0.333. The monoisotopic (exact) mass is 388 g/mol. The third kappa shape index (κ3) is 7.00. The van der Waals surface area contributed by atoms with E-state index in [-0.39, 0.29) is 12.5 Å². The van der Waals surface area contributed by atoms with Crippen LogP contribution < -0.4 is 15.4 Å². The molecule has 0 radical (unpaired) electrons.